The van der Waals surface area contributed by atoms with Crippen LogP contribution >= 0.6 is 11.8 Å². The number of nitrogens with zero attached hydrogens (tertiary/aromatic N) is 1. The van der Waals surface area contributed by atoms with Crippen LogP contribution in [0.5, 0.6) is 0 Å². The van der Waals surface area contributed by atoms with Crippen molar-refractivity contribution in [2.24, 2.45) is 0 Å². The Morgan fingerprint density at radius 3 is 2.74 bits per heavy atom. The van der Waals surface area contributed by atoms with Crippen molar-refractivity contribution < 1.29 is 9.21 Å². The van der Waals surface area contributed by atoms with Gasteiger partial charge in [0.15, 0.2) is 5.76 Å². The van der Waals surface area contributed by atoms with Gasteiger partial charge in [0.1, 0.15) is 5.82 Å². The summed E-state index contributed by atoms with van der Waals surface area (Å²) in [6.45, 7) is 1.95. The summed E-state index contributed by atoms with van der Waals surface area (Å²) in [6.07, 6.45) is 3.25. The Kier molecular flexibility index (Phi) is 4.78. The van der Waals surface area contributed by atoms with Gasteiger partial charge in [-0.3, -0.25) is 4.79 Å². The van der Waals surface area contributed by atoms with Gasteiger partial charge in [0.2, 0.25) is 0 Å². The van der Waals surface area contributed by atoms with Crippen molar-refractivity contribution in [1.29, 1.82) is 0 Å². The molecule has 0 saturated carbocycles. The zero-order chi connectivity index (χ0) is 16.1. The minimum atomic E-state index is -0.282. The maximum atomic E-state index is 12.3. The average molecular weight is 324 g/mol. The van der Waals surface area contributed by atoms with E-state index < -0.39 is 0 Å². The predicted molar refractivity (Wildman–Crippen MR) is 91.6 cm³/mol. The highest BCUT2D eigenvalue weighted by Gasteiger charge is 2.16. The molecule has 116 valence electrons. The van der Waals surface area contributed by atoms with Gasteiger partial charge in [0.05, 0.1) is 6.26 Å². The van der Waals surface area contributed by atoms with E-state index in [1.807, 2.05) is 49.4 Å². The first kappa shape index (κ1) is 15.4. The fourth-order valence-electron chi connectivity index (χ4n) is 2.04. The maximum absolute atomic E-state index is 12.3. The van der Waals surface area contributed by atoms with Crippen LogP contribution in [0.4, 0.5) is 5.82 Å². The highest BCUT2D eigenvalue weighted by Crippen LogP contribution is 2.25. The van der Waals surface area contributed by atoms with Gasteiger partial charge >= 0.3 is 0 Å². The molecule has 0 unspecified atom stereocenters. The van der Waals surface area contributed by atoms with Gasteiger partial charge in [-0.05, 0) is 36.8 Å². The third-order valence-electron chi connectivity index (χ3n) is 3.24. The topological polar surface area (TPSA) is 55.1 Å². The molecular formula is C18H16N2O2S. The summed E-state index contributed by atoms with van der Waals surface area (Å²) in [5, 5.41) is 2.76. The number of hydrogen-bond acceptors (Lipinski definition) is 4. The number of aromatic nitrogens is 1. The molecule has 23 heavy (non-hydrogen) atoms. The molecular weight excluding hydrogens is 308 g/mol. The molecule has 1 amide bonds. The molecule has 5 heteroatoms. The van der Waals surface area contributed by atoms with Crippen LogP contribution in [-0.2, 0) is 5.75 Å². The van der Waals surface area contributed by atoms with E-state index in [1.54, 1.807) is 30.3 Å². The van der Waals surface area contributed by atoms with E-state index in [4.69, 9.17) is 4.42 Å². The molecule has 1 aromatic carbocycles. The van der Waals surface area contributed by atoms with Crippen molar-refractivity contribution in [2.45, 2.75) is 17.6 Å². The fraction of sp³-hybridized carbons (Fsp3) is 0.111. The van der Waals surface area contributed by atoms with Crippen LogP contribution in [0, 0.1) is 6.92 Å². The van der Waals surface area contributed by atoms with Gasteiger partial charge in [-0.25, -0.2) is 4.98 Å². The van der Waals surface area contributed by atoms with Gasteiger partial charge in [0.25, 0.3) is 5.91 Å². The number of rotatable bonds is 5. The van der Waals surface area contributed by atoms with Crippen LogP contribution < -0.4 is 5.32 Å². The molecule has 0 atom stereocenters. The third kappa shape index (κ3) is 4.02. The zero-order valence-electron chi connectivity index (χ0n) is 12.7. The highest BCUT2D eigenvalue weighted by atomic mass is 32.2. The molecule has 0 aliphatic carbocycles. The Hall–Kier alpha value is -2.53. The standard InChI is InChI=1S/C18H16N2O2S/c1-13-7-8-16(19-11-13)20-18(21)17-14(9-10-22-17)12-23-15-5-3-2-4-6-15/h2-11H,12H2,1H3,(H,19,20,21). The van der Waals surface area contributed by atoms with E-state index in [9.17, 15) is 4.79 Å². The maximum Gasteiger partial charge on any atom is 0.292 e. The van der Waals surface area contributed by atoms with Gasteiger partial charge < -0.3 is 9.73 Å². The molecule has 0 fully saturated rings. The zero-order valence-corrected chi connectivity index (χ0v) is 13.5. The number of amides is 1. The number of benzene rings is 1. The Bertz CT molecular complexity index is 782. The summed E-state index contributed by atoms with van der Waals surface area (Å²) in [6, 6.07) is 15.6. The second-order valence-corrected chi connectivity index (χ2v) is 6.10. The minimum absolute atomic E-state index is 0.282. The first-order valence-corrected chi connectivity index (χ1v) is 8.19. The van der Waals surface area contributed by atoms with E-state index >= 15 is 0 Å². The molecule has 0 bridgehead atoms. The van der Waals surface area contributed by atoms with Crippen molar-refractivity contribution in [3.63, 3.8) is 0 Å². The van der Waals surface area contributed by atoms with Crippen LogP contribution in [0.25, 0.3) is 0 Å². The van der Waals surface area contributed by atoms with E-state index in [2.05, 4.69) is 10.3 Å². The first-order chi connectivity index (χ1) is 11.2. The van der Waals surface area contributed by atoms with E-state index in [0.29, 0.717) is 17.3 Å². The number of furan rings is 1. The first-order valence-electron chi connectivity index (χ1n) is 7.20. The van der Waals surface area contributed by atoms with Crippen molar-refractivity contribution >= 4 is 23.5 Å². The van der Waals surface area contributed by atoms with E-state index in [1.165, 1.54) is 0 Å². The SMILES string of the molecule is Cc1ccc(NC(=O)c2occc2CSc2ccccc2)nc1. The summed E-state index contributed by atoms with van der Waals surface area (Å²) in [7, 11) is 0. The Balaban J connectivity index is 1.67. The smallest absolute Gasteiger partial charge is 0.292 e. The van der Waals surface area contributed by atoms with Crippen LogP contribution in [0.2, 0.25) is 0 Å². The fourth-order valence-corrected chi connectivity index (χ4v) is 2.94. The van der Waals surface area contributed by atoms with Crippen molar-refractivity contribution in [1.82, 2.24) is 4.98 Å². The number of aryl methyl sites for hydroxylation is 1. The van der Waals surface area contributed by atoms with Crippen LogP contribution in [0.3, 0.4) is 0 Å². The number of carbonyl (C=O) groups excluding carboxylic acids is 1. The van der Waals surface area contributed by atoms with E-state index in [-0.39, 0.29) is 5.91 Å². The van der Waals surface area contributed by atoms with Crippen molar-refractivity contribution in [2.75, 3.05) is 5.32 Å². The quantitative estimate of drug-likeness (QED) is 0.701. The molecule has 0 aliphatic heterocycles. The van der Waals surface area contributed by atoms with Gasteiger partial charge in [0, 0.05) is 22.4 Å². The summed E-state index contributed by atoms with van der Waals surface area (Å²) >= 11 is 1.66. The molecule has 1 N–H and O–H groups in total. The number of pyridine rings is 1. The van der Waals surface area contributed by atoms with Gasteiger partial charge in [-0.2, -0.15) is 0 Å². The molecule has 4 nitrogen and oxygen atoms in total. The number of carbonyl (C=O) groups is 1. The molecule has 0 radical (unpaired) electrons. The van der Waals surface area contributed by atoms with E-state index in [0.717, 1.165) is 16.0 Å². The van der Waals surface area contributed by atoms with Gasteiger partial charge in [-0.15, -0.1) is 11.8 Å². The molecule has 3 rings (SSSR count). The molecule has 0 spiro atoms. The number of hydrogen-bond donors (Lipinski definition) is 1. The Labute approximate surface area is 138 Å². The van der Waals surface area contributed by atoms with Crippen LogP contribution in [0.15, 0.2) is 70.3 Å². The van der Waals surface area contributed by atoms with Crippen LogP contribution in [-0.4, -0.2) is 10.9 Å². The largest absolute Gasteiger partial charge is 0.459 e. The lowest BCUT2D eigenvalue weighted by Crippen LogP contribution is -2.13. The van der Waals surface area contributed by atoms with Crippen molar-refractivity contribution in [3.8, 4) is 0 Å². The lowest BCUT2D eigenvalue weighted by atomic mass is 10.2. The number of anilines is 1. The number of thioether (sulfide) groups is 1. The third-order valence-corrected chi connectivity index (χ3v) is 4.30. The van der Waals surface area contributed by atoms with Crippen molar-refractivity contribution in [3.05, 3.63) is 77.9 Å². The lowest BCUT2D eigenvalue weighted by molar-refractivity contribution is 0.0995. The summed E-state index contributed by atoms with van der Waals surface area (Å²) in [4.78, 5) is 17.7. The monoisotopic (exact) mass is 324 g/mol. The normalized spacial score (nSPS) is 10.5. The van der Waals surface area contributed by atoms with Crippen LogP contribution in [0.1, 0.15) is 21.7 Å². The number of nitrogens with one attached hydrogen (secondary N) is 1. The average Bonchev–Trinajstić information content (AvgIpc) is 3.05. The van der Waals surface area contributed by atoms with Gasteiger partial charge in [-0.1, -0.05) is 24.3 Å². The molecule has 2 heterocycles. The molecule has 2 aromatic heterocycles. The summed E-state index contributed by atoms with van der Waals surface area (Å²) in [5.41, 5.74) is 1.91. The summed E-state index contributed by atoms with van der Waals surface area (Å²) < 4.78 is 5.36. The Morgan fingerprint density at radius 2 is 2.00 bits per heavy atom. The lowest BCUT2D eigenvalue weighted by Gasteiger charge is -2.05. The second-order valence-electron chi connectivity index (χ2n) is 5.05. The summed E-state index contributed by atoms with van der Waals surface area (Å²) in [5.74, 6) is 1.23. The molecule has 0 aliphatic rings. The molecule has 0 saturated heterocycles. The second kappa shape index (κ2) is 7.15. The molecule has 3 aromatic rings. The minimum Gasteiger partial charge on any atom is -0.459 e. The predicted octanol–water partition coefficient (Wildman–Crippen LogP) is 4.53. The highest BCUT2D eigenvalue weighted by molar-refractivity contribution is 7.98. The Morgan fingerprint density at radius 1 is 1.17 bits per heavy atom.